The van der Waals surface area contributed by atoms with Crippen LogP contribution < -0.4 is 0 Å². The molecule has 23 heavy (non-hydrogen) atoms. The average Bonchev–Trinajstić information content (AvgIpc) is 2.35. The molecule has 0 saturated heterocycles. The lowest BCUT2D eigenvalue weighted by Crippen LogP contribution is -2.80. The Kier molecular flexibility index (Phi) is 11.9. The summed E-state index contributed by atoms with van der Waals surface area (Å²) in [7, 11) is 28.2. The highest BCUT2D eigenvalue weighted by Crippen LogP contribution is 2.09. The molecular formula is CH26B22. The highest BCUT2D eigenvalue weighted by atomic mass is 13.3. The fourth-order valence-corrected chi connectivity index (χ4v) is 6.11. The van der Waals surface area contributed by atoms with Crippen LogP contribution in [0.5, 0.6) is 0 Å². The summed E-state index contributed by atoms with van der Waals surface area (Å²) in [6, 6.07) is 0. The van der Waals surface area contributed by atoms with Crippen LogP contribution in [0.4, 0.5) is 0 Å². The van der Waals surface area contributed by atoms with Gasteiger partial charge in [0, 0.05) is 71.0 Å². The summed E-state index contributed by atoms with van der Waals surface area (Å²) in [4.78, 5) is 0. The van der Waals surface area contributed by atoms with Gasteiger partial charge in [-0.3, -0.25) is 0 Å². The van der Waals surface area contributed by atoms with Crippen molar-refractivity contribution in [3.63, 3.8) is 0 Å². The van der Waals surface area contributed by atoms with Gasteiger partial charge in [0.1, 0.15) is 0 Å². The smallest absolute Gasteiger partial charge is 0.0593 e. The molecule has 0 N–H and O–H groups in total. The zero-order valence-corrected chi connectivity index (χ0v) is 18.5. The minimum atomic E-state index is 0.773. The van der Waals surface area contributed by atoms with E-state index in [2.05, 4.69) is 91.9 Å². The van der Waals surface area contributed by atoms with E-state index in [1.54, 1.807) is 0 Å². The van der Waals surface area contributed by atoms with Crippen LogP contribution in [-0.4, -0.2) is 156 Å². The number of rotatable bonds is 10. The van der Waals surface area contributed by atoms with Crippen LogP contribution in [0.25, 0.3) is 0 Å². The van der Waals surface area contributed by atoms with Crippen molar-refractivity contribution in [2.75, 3.05) is 0 Å². The summed E-state index contributed by atoms with van der Waals surface area (Å²) in [5.74, 6) is 0. The van der Waals surface area contributed by atoms with Gasteiger partial charge in [0.25, 0.3) is 0 Å². The van der Waals surface area contributed by atoms with E-state index >= 15 is 0 Å². The first-order valence-corrected chi connectivity index (χ1v) is 10.5. The monoisotopic (exact) mass is 280 g/mol. The standard InChI is InChI=1S/CH26B22/c1-14(21(16(5)6)17(7)8)22(20(13-2)15(3)4)23(18(9)10)19(11)12/h13H,2-12H2,1H3. The third-order valence-corrected chi connectivity index (χ3v) is 6.56. The van der Waals surface area contributed by atoms with Gasteiger partial charge in [-0.1, -0.05) is 0 Å². The molecule has 0 aromatic rings. The van der Waals surface area contributed by atoms with E-state index in [-0.39, 0.29) is 0 Å². The minimum absolute atomic E-state index is 0.773. The van der Waals surface area contributed by atoms with Gasteiger partial charge in [-0.2, -0.15) is 0 Å². The van der Waals surface area contributed by atoms with Crippen LogP contribution in [0.3, 0.4) is 0 Å². The molecule has 0 rings (SSSR count). The largest absolute Gasteiger partial charge is 0.101 e. The topological polar surface area (TPSA) is 0 Å². The van der Waals surface area contributed by atoms with Crippen LogP contribution in [0, 0.1) is 0 Å². The molecule has 0 unspecified atom stereocenters. The molecule has 96 valence electrons. The minimum Gasteiger partial charge on any atom is -0.101 e. The molecule has 0 fully saturated rings. The van der Waals surface area contributed by atoms with Crippen molar-refractivity contribution >= 4 is 156 Å². The fraction of sp³-hybridized carbons (Fsp3) is 1.00. The van der Waals surface area contributed by atoms with Gasteiger partial charge in [-0.05, 0) is 0 Å². The lowest BCUT2D eigenvalue weighted by Gasteiger charge is -2.42. The first kappa shape index (κ1) is 24.4. The Hall–Kier alpha value is 1.43. The Morgan fingerprint density at radius 2 is 0.870 bits per heavy atom. The van der Waals surface area contributed by atoms with Gasteiger partial charge in [0.05, 0.1) is 85.1 Å². The van der Waals surface area contributed by atoms with E-state index in [1.165, 1.54) is 7.06 Å². The molecule has 0 aromatic heterocycles. The predicted octanol–water partition coefficient (Wildman–Crippen LogP) is -14.0. The summed E-state index contributed by atoms with van der Waals surface area (Å²) < 4.78 is 0. The van der Waals surface area contributed by atoms with Crippen LogP contribution in [-0.2, 0) is 0 Å². The quantitative estimate of drug-likeness (QED) is 0.348. The molecule has 0 amide bonds. The van der Waals surface area contributed by atoms with Crippen molar-refractivity contribution in [3.8, 4) is 0 Å². The molecule has 0 spiro atoms. The van der Waals surface area contributed by atoms with E-state index in [9.17, 15) is 0 Å². The van der Waals surface area contributed by atoms with Crippen molar-refractivity contribution in [3.05, 3.63) is 0 Å². The highest BCUT2D eigenvalue weighted by molar-refractivity contribution is 8.17. The second-order valence-corrected chi connectivity index (χ2v) is 9.88. The van der Waals surface area contributed by atoms with Crippen molar-refractivity contribution < 1.29 is 0 Å². The van der Waals surface area contributed by atoms with Crippen molar-refractivity contribution in [2.45, 2.75) is 6.82 Å². The molecule has 0 aliphatic rings. The normalized spacial score (nSPS) is 9.26. The zero-order chi connectivity index (χ0) is 18.5. The Balaban J connectivity index is 5.91. The Labute approximate surface area is 162 Å². The summed E-state index contributed by atoms with van der Waals surface area (Å²) in [5.41, 5.74) is 0. The fourth-order valence-electron chi connectivity index (χ4n) is 6.11. The molecule has 0 heterocycles. The van der Waals surface area contributed by atoms with Gasteiger partial charge in [-0.25, -0.2) is 0 Å². The maximum absolute atomic E-state index is 2.58. The van der Waals surface area contributed by atoms with Crippen LogP contribution in [0.1, 0.15) is 0 Å². The highest BCUT2D eigenvalue weighted by Gasteiger charge is 2.47. The molecule has 0 bridgehead atoms. The van der Waals surface area contributed by atoms with Gasteiger partial charge in [0.15, 0.2) is 0 Å². The molecule has 0 aromatic carbocycles. The zero-order valence-electron chi connectivity index (χ0n) is 18.5. The van der Waals surface area contributed by atoms with Crippen LogP contribution in [0.2, 0.25) is 6.82 Å². The maximum Gasteiger partial charge on any atom is 0.0593 e. The molecule has 0 nitrogen and oxygen atoms in total. The van der Waals surface area contributed by atoms with Crippen molar-refractivity contribution in [2.24, 2.45) is 0 Å². The molecule has 0 aliphatic carbocycles. The van der Waals surface area contributed by atoms with Crippen molar-refractivity contribution in [1.82, 2.24) is 0 Å². The molecule has 0 saturated carbocycles. The molecule has 0 radical (unpaired) electrons. The van der Waals surface area contributed by atoms with E-state index < -0.39 is 0 Å². The van der Waals surface area contributed by atoms with E-state index in [0.717, 1.165) is 64.0 Å². The molecule has 22 heteroatoms. The predicted molar refractivity (Wildman–Crippen MR) is 165 cm³/mol. The molecule has 0 atom stereocenters. The summed E-state index contributed by atoms with van der Waals surface area (Å²) >= 11 is 0. The number of hydrogen-bond acceptors (Lipinski definition) is 0. The van der Waals surface area contributed by atoms with Crippen LogP contribution >= 0.6 is 0 Å². The van der Waals surface area contributed by atoms with E-state index in [1.807, 2.05) is 0 Å². The SMILES string of the molecule is BBB(B(B)B)B(B(C)B(B(B)B)B(B)B)B(B(B)B)B(B)B. The lowest BCUT2D eigenvalue weighted by molar-refractivity contribution is 2.32. The Bertz CT molecular complexity index is 287. The first-order valence-electron chi connectivity index (χ1n) is 10.5. The summed E-state index contributed by atoms with van der Waals surface area (Å²) in [6.07, 6.45) is 7.23. The molecular weight excluding hydrogens is 250 g/mol. The van der Waals surface area contributed by atoms with Gasteiger partial charge >= 0.3 is 0 Å². The summed E-state index contributed by atoms with van der Waals surface area (Å²) in [5, 5.41) is 0. The van der Waals surface area contributed by atoms with Crippen molar-refractivity contribution in [1.29, 1.82) is 0 Å². The van der Waals surface area contributed by atoms with E-state index in [4.69, 9.17) is 0 Å². The Morgan fingerprint density at radius 1 is 0.522 bits per heavy atom. The van der Waals surface area contributed by atoms with Crippen LogP contribution in [0.15, 0.2) is 0 Å². The van der Waals surface area contributed by atoms with E-state index in [0.29, 0.717) is 0 Å². The average molecular weight is 276 g/mol. The summed E-state index contributed by atoms with van der Waals surface area (Å²) in [6.45, 7) is 3.38. The molecule has 0 aliphatic heterocycles. The van der Waals surface area contributed by atoms with Gasteiger partial charge in [0.2, 0.25) is 0 Å². The third-order valence-electron chi connectivity index (χ3n) is 6.56. The number of hydrogen-bond donors (Lipinski definition) is 0. The maximum atomic E-state index is 2.58. The van der Waals surface area contributed by atoms with Gasteiger partial charge < -0.3 is 0 Å². The second-order valence-electron chi connectivity index (χ2n) is 9.88. The first-order chi connectivity index (χ1) is 10.5. The van der Waals surface area contributed by atoms with Gasteiger partial charge in [-0.15, -0.1) is 6.82 Å². The lowest BCUT2D eigenvalue weighted by atomic mass is 8.40. The second kappa shape index (κ2) is 11.2. The Morgan fingerprint density at radius 3 is 1.09 bits per heavy atom. The third kappa shape index (κ3) is 6.92.